The zero-order valence-electron chi connectivity index (χ0n) is 14.6. The third-order valence-corrected chi connectivity index (χ3v) is 5.17. The second-order valence-corrected chi connectivity index (χ2v) is 7.12. The molecule has 0 aliphatic heterocycles. The van der Waals surface area contributed by atoms with Gasteiger partial charge in [0, 0.05) is 12.6 Å². The lowest BCUT2D eigenvalue weighted by molar-refractivity contribution is 0.103. The van der Waals surface area contributed by atoms with Crippen molar-refractivity contribution in [2.24, 2.45) is 17.8 Å². The highest BCUT2D eigenvalue weighted by atomic mass is 15.1. The maximum absolute atomic E-state index is 3.61. The first kappa shape index (κ1) is 18.0. The average molecular weight is 283 g/mol. The van der Waals surface area contributed by atoms with Crippen molar-refractivity contribution in [3.63, 3.8) is 0 Å². The molecular formula is C18H38N2. The quantitative estimate of drug-likeness (QED) is 0.683. The largest absolute Gasteiger partial charge is 0.317 e. The predicted octanol–water partition coefficient (Wildman–Crippen LogP) is 4.16. The molecule has 0 bridgehead atoms. The number of rotatable bonds is 9. The first-order chi connectivity index (χ1) is 9.62. The fraction of sp³-hybridized carbons (Fsp3) is 1.00. The molecule has 4 unspecified atom stereocenters. The van der Waals surface area contributed by atoms with Gasteiger partial charge in [-0.25, -0.2) is 0 Å². The normalized spacial score (nSPS) is 30.9. The number of hydrogen-bond donors (Lipinski definition) is 1. The Hall–Kier alpha value is -0.0800. The number of hydrogen-bond acceptors (Lipinski definition) is 2. The molecule has 1 N–H and O–H groups in total. The third-order valence-electron chi connectivity index (χ3n) is 5.17. The van der Waals surface area contributed by atoms with Gasteiger partial charge in [0.15, 0.2) is 0 Å². The Morgan fingerprint density at radius 2 is 1.60 bits per heavy atom. The molecular weight excluding hydrogens is 244 g/mol. The molecule has 0 radical (unpaired) electrons. The zero-order chi connectivity index (χ0) is 15.0. The van der Waals surface area contributed by atoms with Gasteiger partial charge in [0.25, 0.3) is 0 Å². The lowest BCUT2D eigenvalue weighted by atomic mass is 9.72. The van der Waals surface area contributed by atoms with Crippen LogP contribution in [0.3, 0.4) is 0 Å². The highest BCUT2D eigenvalue weighted by molar-refractivity contribution is 4.88. The minimum atomic E-state index is 0.722. The van der Waals surface area contributed by atoms with Gasteiger partial charge in [-0.3, -0.25) is 0 Å². The molecule has 0 heterocycles. The van der Waals surface area contributed by atoms with Crippen molar-refractivity contribution in [2.75, 3.05) is 26.7 Å². The van der Waals surface area contributed by atoms with Crippen molar-refractivity contribution < 1.29 is 0 Å². The van der Waals surface area contributed by atoms with Crippen molar-refractivity contribution in [2.45, 2.75) is 72.3 Å². The zero-order valence-corrected chi connectivity index (χ0v) is 14.6. The maximum Gasteiger partial charge on any atom is 0.0110 e. The van der Waals surface area contributed by atoms with Gasteiger partial charge in [0.1, 0.15) is 0 Å². The molecule has 1 aliphatic carbocycles. The summed E-state index contributed by atoms with van der Waals surface area (Å²) in [5.74, 6) is 2.59. The summed E-state index contributed by atoms with van der Waals surface area (Å²) in [6.45, 7) is 13.4. The standard InChI is InChI=1S/C18H38N2/c1-6-8-10-20(11-9-7-2)14-17-16(4)12-15(3)13-18(17)19-5/h15-19H,6-14H2,1-5H3. The second-order valence-electron chi connectivity index (χ2n) is 7.12. The van der Waals surface area contributed by atoms with Gasteiger partial charge in [0.2, 0.25) is 0 Å². The van der Waals surface area contributed by atoms with Gasteiger partial charge in [-0.2, -0.15) is 0 Å². The number of nitrogens with zero attached hydrogens (tertiary/aromatic N) is 1. The molecule has 1 aliphatic rings. The fourth-order valence-corrected chi connectivity index (χ4v) is 3.91. The van der Waals surface area contributed by atoms with Crippen LogP contribution in [-0.2, 0) is 0 Å². The van der Waals surface area contributed by atoms with E-state index in [1.807, 2.05) is 0 Å². The van der Waals surface area contributed by atoms with Crippen LogP contribution in [-0.4, -0.2) is 37.6 Å². The minimum Gasteiger partial charge on any atom is -0.317 e. The Bertz CT molecular complexity index is 234. The summed E-state index contributed by atoms with van der Waals surface area (Å²) in [7, 11) is 2.16. The van der Waals surface area contributed by atoms with Crippen LogP contribution in [0.1, 0.15) is 66.2 Å². The van der Waals surface area contributed by atoms with Crippen molar-refractivity contribution in [1.82, 2.24) is 10.2 Å². The molecule has 1 fully saturated rings. The summed E-state index contributed by atoms with van der Waals surface area (Å²) in [6, 6.07) is 0.722. The Kier molecular flexibility index (Phi) is 8.79. The maximum atomic E-state index is 3.61. The van der Waals surface area contributed by atoms with E-state index in [0.29, 0.717) is 0 Å². The van der Waals surface area contributed by atoms with E-state index in [-0.39, 0.29) is 0 Å². The average Bonchev–Trinajstić information content (AvgIpc) is 2.43. The van der Waals surface area contributed by atoms with Crippen LogP contribution in [0.25, 0.3) is 0 Å². The van der Waals surface area contributed by atoms with Crippen LogP contribution in [0, 0.1) is 17.8 Å². The monoisotopic (exact) mass is 282 g/mol. The molecule has 1 saturated carbocycles. The lowest BCUT2D eigenvalue weighted by Crippen LogP contribution is -2.48. The lowest BCUT2D eigenvalue weighted by Gasteiger charge is -2.42. The van der Waals surface area contributed by atoms with E-state index in [2.05, 4.69) is 45.0 Å². The van der Waals surface area contributed by atoms with Crippen LogP contribution in [0.2, 0.25) is 0 Å². The number of unbranched alkanes of at least 4 members (excludes halogenated alkanes) is 2. The Morgan fingerprint density at radius 1 is 1.00 bits per heavy atom. The highest BCUT2D eigenvalue weighted by Gasteiger charge is 2.33. The van der Waals surface area contributed by atoms with Crippen LogP contribution >= 0.6 is 0 Å². The molecule has 1 rings (SSSR count). The van der Waals surface area contributed by atoms with Crippen molar-refractivity contribution >= 4 is 0 Å². The molecule has 0 saturated heterocycles. The first-order valence-corrected chi connectivity index (χ1v) is 9.01. The molecule has 20 heavy (non-hydrogen) atoms. The van der Waals surface area contributed by atoms with Crippen LogP contribution in [0.5, 0.6) is 0 Å². The van der Waals surface area contributed by atoms with Gasteiger partial charge in [-0.15, -0.1) is 0 Å². The van der Waals surface area contributed by atoms with Crippen molar-refractivity contribution in [1.29, 1.82) is 0 Å². The van der Waals surface area contributed by atoms with Crippen LogP contribution in [0.15, 0.2) is 0 Å². The number of nitrogens with one attached hydrogen (secondary N) is 1. The van der Waals surface area contributed by atoms with Crippen LogP contribution in [0.4, 0.5) is 0 Å². The first-order valence-electron chi connectivity index (χ1n) is 9.01. The smallest absolute Gasteiger partial charge is 0.0110 e. The Balaban J connectivity index is 2.58. The van der Waals surface area contributed by atoms with Gasteiger partial charge in [0.05, 0.1) is 0 Å². The predicted molar refractivity (Wildman–Crippen MR) is 90.2 cm³/mol. The second kappa shape index (κ2) is 9.78. The van der Waals surface area contributed by atoms with E-state index >= 15 is 0 Å². The molecule has 120 valence electrons. The molecule has 0 spiro atoms. The molecule has 0 aromatic rings. The molecule has 0 aromatic heterocycles. The third kappa shape index (κ3) is 5.73. The molecule has 2 nitrogen and oxygen atoms in total. The van der Waals surface area contributed by atoms with Crippen molar-refractivity contribution in [3.8, 4) is 0 Å². The summed E-state index contributed by atoms with van der Waals surface area (Å²) in [5, 5.41) is 3.61. The minimum absolute atomic E-state index is 0.722. The fourth-order valence-electron chi connectivity index (χ4n) is 3.91. The van der Waals surface area contributed by atoms with E-state index in [9.17, 15) is 0 Å². The van der Waals surface area contributed by atoms with Gasteiger partial charge >= 0.3 is 0 Å². The molecule has 0 aromatic carbocycles. The Labute approximate surface area is 127 Å². The Morgan fingerprint density at radius 3 is 2.10 bits per heavy atom. The summed E-state index contributed by atoms with van der Waals surface area (Å²) in [5.41, 5.74) is 0. The van der Waals surface area contributed by atoms with Gasteiger partial charge in [-0.1, -0.05) is 40.5 Å². The molecule has 2 heteroatoms. The van der Waals surface area contributed by atoms with Crippen molar-refractivity contribution in [3.05, 3.63) is 0 Å². The summed E-state index contributed by atoms with van der Waals surface area (Å²) < 4.78 is 0. The van der Waals surface area contributed by atoms with E-state index < -0.39 is 0 Å². The van der Waals surface area contributed by atoms with E-state index in [1.54, 1.807) is 0 Å². The summed E-state index contributed by atoms with van der Waals surface area (Å²) in [6.07, 6.45) is 8.11. The van der Waals surface area contributed by atoms with Gasteiger partial charge < -0.3 is 10.2 Å². The SMILES string of the molecule is CCCCN(CCCC)CC1C(C)CC(C)CC1NC. The van der Waals surface area contributed by atoms with E-state index in [4.69, 9.17) is 0 Å². The van der Waals surface area contributed by atoms with Gasteiger partial charge in [-0.05, 0) is 63.6 Å². The molecule has 0 amide bonds. The summed E-state index contributed by atoms with van der Waals surface area (Å²) in [4.78, 5) is 2.74. The molecule has 4 atom stereocenters. The highest BCUT2D eigenvalue weighted by Crippen LogP contribution is 2.34. The van der Waals surface area contributed by atoms with E-state index in [1.165, 1.54) is 58.2 Å². The summed E-state index contributed by atoms with van der Waals surface area (Å²) >= 11 is 0. The van der Waals surface area contributed by atoms with E-state index in [0.717, 1.165) is 23.8 Å². The topological polar surface area (TPSA) is 15.3 Å². The van der Waals surface area contributed by atoms with Crippen LogP contribution < -0.4 is 5.32 Å².